The maximum Gasteiger partial charge on any atom is 0.509 e. The Balaban J connectivity index is 1.62. The summed E-state index contributed by atoms with van der Waals surface area (Å²) in [5.41, 5.74) is 1.01. The number of carbonyl (C=O) groups excluding carboxylic acids is 1. The zero-order valence-electron chi connectivity index (χ0n) is 13.2. The first-order valence-corrected chi connectivity index (χ1v) is 10.4. The highest BCUT2D eigenvalue weighted by Gasteiger charge is 2.54. The standard InChI is InChI=1S/C16H21O6P/c1-23(2,18)9-8-12-13-14(22-16(17)21-13)15(20-12)19-10-11-6-4-3-5-7-11/h3-7,12-15H,8-10H2,1-2H3/t12-,13-,14-,15-/m1/s1. The van der Waals surface area contributed by atoms with E-state index in [2.05, 4.69) is 0 Å². The fraction of sp³-hybridized carbons (Fsp3) is 0.562. The Labute approximate surface area is 135 Å². The number of benzene rings is 1. The van der Waals surface area contributed by atoms with Gasteiger partial charge in [-0.25, -0.2) is 4.79 Å². The quantitative estimate of drug-likeness (QED) is 0.586. The second-order valence-corrected chi connectivity index (χ2v) is 9.94. The van der Waals surface area contributed by atoms with Crippen LogP contribution >= 0.6 is 7.14 Å². The summed E-state index contributed by atoms with van der Waals surface area (Å²) >= 11 is 0. The van der Waals surface area contributed by atoms with Crippen molar-refractivity contribution < 1.29 is 28.3 Å². The average molecular weight is 340 g/mol. The van der Waals surface area contributed by atoms with Gasteiger partial charge >= 0.3 is 6.16 Å². The number of hydrogen-bond acceptors (Lipinski definition) is 6. The molecule has 126 valence electrons. The molecule has 3 rings (SSSR count). The molecule has 2 heterocycles. The van der Waals surface area contributed by atoms with Crippen LogP contribution in [-0.2, 0) is 30.1 Å². The molecule has 2 aliphatic rings. The lowest BCUT2D eigenvalue weighted by molar-refractivity contribution is -0.173. The molecule has 0 bridgehead atoms. The highest BCUT2D eigenvalue weighted by Crippen LogP contribution is 2.41. The van der Waals surface area contributed by atoms with Crippen molar-refractivity contribution in [2.75, 3.05) is 19.5 Å². The summed E-state index contributed by atoms with van der Waals surface area (Å²) < 4.78 is 33.9. The Bertz CT molecular complexity index is 598. The summed E-state index contributed by atoms with van der Waals surface area (Å²) in [5.74, 6) is 0. The van der Waals surface area contributed by atoms with Crippen LogP contribution in [0.2, 0.25) is 0 Å². The van der Waals surface area contributed by atoms with Crippen molar-refractivity contribution >= 4 is 13.3 Å². The van der Waals surface area contributed by atoms with Crippen molar-refractivity contribution in [2.45, 2.75) is 37.6 Å². The van der Waals surface area contributed by atoms with Crippen LogP contribution in [0.5, 0.6) is 0 Å². The van der Waals surface area contributed by atoms with E-state index in [9.17, 15) is 9.36 Å². The van der Waals surface area contributed by atoms with E-state index in [1.54, 1.807) is 13.3 Å². The average Bonchev–Trinajstić information content (AvgIpc) is 3.01. The summed E-state index contributed by atoms with van der Waals surface area (Å²) in [7, 11) is -2.15. The fourth-order valence-electron chi connectivity index (χ4n) is 2.77. The predicted molar refractivity (Wildman–Crippen MR) is 84.0 cm³/mol. The topological polar surface area (TPSA) is 71.1 Å². The third-order valence-electron chi connectivity index (χ3n) is 3.94. The van der Waals surface area contributed by atoms with Crippen molar-refractivity contribution in [3.05, 3.63) is 35.9 Å². The zero-order chi connectivity index (χ0) is 16.4. The molecule has 0 spiro atoms. The molecule has 4 atom stereocenters. The summed E-state index contributed by atoms with van der Waals surface area (Å²) in [6, 6.07) is 9.69. The van der Waals surface area contributed by atoms with E-state index in [0.717, 1.165) is 5.56 Å². The third kappa shape index (κ3) is 4.14. The van der Waals surface area contributed by atoms with Crippen LogP contribution in [0.15, 0.2) is 30.3 Å². The van der Waals surface area contributed by atoms with E-state index in [0.29, 0.717) is 19.2 Å². The molecule has 0 N–H and O–H groups in total. The van der Waals surface area contributed by atoms with Crippen LogP contribution < -0.4 is 0 Å². The molecule has 2 aliphatic heterocycles. The summed E-state index contributed by atoms with van der Waals surface area (Å²) in [4.78, 5) is 11.4. The van der Waals surface area contributed by atoms with E-state index in [1.165, 1.54) is 0 Å². The van der Waals surface area contributed by atoms with E-state index >= 15 is 0 Å². The molecule has 0 aromatic heterocycles. The normalized spacial score (nSPS) is 29.9. The minimum Gasteiger partial charge on any atom is -0.424 e. The van der Waals surface area contributed by atoms with Crippen molar-refractivity contribution in [1.82, 2.24) is 0 Å². The smallest absolute Gasteiger partial charge is 0.424 e. The number of ether oxygens (including phenoxy) is 4. The van der Waals surface area contributed by atoms with Gasteiger partial charge in [0.05, 0.1) is 13.7 Å². The molecule has 0 saturated carbocycles. The number of fused-ring (bicyclic) bond motifs is 1. The van der Waals surface area contributed by atoms with Crippen LogP contribution in [0.1, 0.15) is 12.0 Å². The molecule has 1 aromatic rings. The van der Waals surface area contributed by atoms with Crippen LogP contribution in [0.3, 0.4) is 0 Å². The first-order chi connectivity index (χ1) is 10.9. The molecule has 0 unspecified atom stereocenters. The van der Waals surface area contributed by atoms with Crippen LogP contribution in [-0.4, -0.2) is 50.2 Å². The number of carbonyl (C=O) groups is 1. The monoisotopic (exact) mass is 340 g/mol. The lowest BCUT2D eigenvalue weighted by Crippen LogP contribution is -2.31. The molecule has 23 heavy (non-hydrogen) atoms. The van der Waals surface area contributed by atoms with Gasteiger partial charge in [-0.1, -0.05) is 30.3 Å². The van der Waals surface area contributed by atoms with Crippen molar-refractivity contribution in [3.8, 4) is 0 Å². The van der Waals surface area contributed by atoms with Gasteiger partial charge in [-0.2, -0.15) is 0 Å². The van der Waals surface area contributed by atoms with E-state index < -0.39 is 31.8 Å². The Morgan fingerprint density at radius 1 is 1.13 bits per heavy atom. The Morgan fingerprint density at radius 2 is 1.83 bits per heavy atom. The van der Waals surface area contributed by atoms with Gasteiger partial charge in [0.1, 0.15) is 6.10 Å². The molecule has 0 amide bonds. The molecule has 0 aliphatic carbocycles. The zero-order valence-corrected chi connectivity index (χ0v) is 14.1. The Morgan fingerprint density at radius 3 is 2.52 bits per heavy atom. The van der Waals surface area contributed by atoms with Crippen LogP contribution in [0.4, 0.5) is 4.79 Å². The molecule has 0 radical (unpaired) electrons. The van der Waals surface area contributed by atoms with Crippen LogP contribution in [0.25, 0.3) is 0 Å². The predicted octanol–water partition coefficient (Wildman–Crippen LogP) is 2.84. The molecule has 6 nitrogen and oxygen atoms in total. The van der Waals surface area contributed by atoms with Gasteiger partial charge in [-0.15, -0.1) is 0 Å². The highest BCUT2D eigenvalue weighted by atomic mass is 31.2. The van der Waals surface area contributed by atoms with Crippen LogP contribution in [0, 0.1) is 0 Å². The van der Waals surface area contributed by atoms with Gasteiger partial charge in [-0.05, 0) is 25.3 Å². The fourth-order valence-corrected chi connectivity index (χ4v) is 3.64. The summed E-state index contributed by atoms with van der Waals surface area (Å²) in [6.45, 7) is 3.83. The Hall–Kier alpha value is -1.36. The maximum atomic E-state index is 11.9. The Kier molecular flexibility index (Phi) is 4.76. The van der Waals surface area contributed by atoms with Gasteiger partial charge in [0.15, 0.2) is 18.5 Å². The minimum absolute atomic E-state index is 0.347. The van der Waals surface area contributed by atoms with Gasteiger partial charge in [0, 0.05) is 6.16 Å². The lowest BCUT2D eigenvalue weighted by atomic mass is 10.1. The second-order valence-electron chi connectivity index (χ2n) is 6.34. The van der Waals surface area contributed by atoms with E-state index in [4.69, 9.17) is 18.9 Å². The SMILES string of the molecule is CP(C)(=O)CC[C@H]1O[C@@H](OCc2ccccc2)[C@@H]2OC(=O)O[C@@H]21. The second kappa shape index (κ2) is 6.63. The first-order valence-electron chi connectivity index (χ1n) is 7.65. The molecular formula is C16H21O6P. The van der Waals surface area contributed by atoms with Gasteiger partial charge < -0.3 is 23.5 Å². The van der Waals surface area contributed by atoms with E-state index in [1.807, 2.05) is 30.3 Å². The molecular weight excluding hydrogens is 319 g/mol. The molecule has 7 heteroatoms. The molecule has 2 saturated heterocycles. The largest absolute Gasteiger partial charge is 0.509 e. The van der Waals surface area contributed by atoms with Gasteiger partial charge in [0.25, 0.3) is 0 Å². The summed E-state index contributed by atoms with van der Waals surface area (Å²) in [6.07, 6.45) is -1.68. The third-order valence-corrected chi connectivity index (χ3v) is 5.28. The van der Waals surface area contributed by atoms with Gasteiger partial charge in [0.2, 0.25) is 0 Å². The van der Waals surface area contributed by atoms with Crippen molar-refractivity contribution in [3.63, 3.8) is 0 Å². The lowest BCUT2D eigenvalue weighted by Gasteiger charge is -2.17. The van der Waals surface area contributed by atoms with Crippen molar-refractivity contribution in [1.29, 1.82) is 0 Å². The minimum atomic E-state index is -2.15. The highest BCUT2D eigenvalue weighted by molar-refractivity contribution is 7.62. The molecule has 1 aromatic carbocycles. The first kappa shape index (κ1) is 16.5. The number of rotatable bonds is 6. The van der Waals surface area contributed by atoms with Crippen molar-refractivity contribution in [2.24, 2.45) is 0 Å². The maximum absolute atomic E-state index is 11.9. The van der Waals surface area contributed by atoms with Gasteiger partial charge in [-0.3, -0.25) is 0 Å². The summed E-state index contributed by atoms with van der Waals surface area (Å²) in [5, 5.41) is 0. The number of hydrogen-bond donors (Lipinski definition) is 0. The van der Waals surface area contributed by atoms with E-state index in [-0.39, 0.29) is 6.10 Å². The molecule has 2 fully saturated rings.